The van der Waals surface area contributed by atoms with Crippen molar-refractivity contribution in [2.45, 2.75) is 76.4 Å². The van der Waals surface area contributed by atoms with Crippen molar-refractivity contribution in [3.05, 3.63) is 77.4 Å². The Bertz CT molecular complexity index is 1610. The van der Waals surface area contributed by atoms with Gasteiger partial charge in [-0.3, -0.25) is 4.79 Å². The number of nitrogens with zero attached hydrogens (tertiary/aromatic N) is 5. The van der Waals surface area contributed by atoms with E-state index in [0.29, 0.717) is 43.7 Å². The van der Waals surface area contributed by atoms with E-state index in [-0.39, 0.29) is 42.6 Å². The van der Waals surface area contributed by atoms with Gasteiger partial charge in [-0.25, -0.2) is 19.6 Å². The van der Waals surface area contributed by atoms with Gasteiger partial charge in [0.1, 0.15) is 12.4 Å². The number of hydrogen-bond acceptors (Lipinski definition) is 7. The van der Waals surface area contributed by atoms with Crippen LogP contribution in [0.2, 0.25) is 0 Å². The van der Waals surface area contributed by atoms with Gasteiger partial charge in [-0.2, -0.15) is 4.39 Å². The minimum Gasteiger partial charge on any atom is -0.480 e. The lowest BCUT2D eigenvalue weighted by molar-refractivity contribution is -0.142. The summed E-state index contributed by atoms with van der Waals surface area (Å²) in [7, 11) is 1.88. The maximum Gasteiger partial charge on any atom is 0.326 e. The zero-order valence-corrected chi connectivity index (χ0v) is 27.4. The first-order valence-electron chi connectivity index (χ1n) is 17.0. The molecule has 2 atom stereocenters. The Morgan fingerprint density at radius 1 is 0.979 bits per heavy atom. The zero-order chi connectivity index (χ0) is 33.6. The quantitative estimate of drug-likeness (QED) is 0.293. The second-order valence-corrected chi connectivity index (χ2v) is 13.2. The molecule has 12 heteroatoms. The summed E-state index contributed by atoms with van der Waals surface area (Å²) >= 11 is 0. The molecule has 6 rings (SSSR count). The number of fused-ring (bicyclic) bond motifs is 1. The molecule has 0 spiro atoms. The molecule has 1 saturated heterocycles. The number of carbonyl (C=O) groups is 3. The largest absolute Gasteiger partial charge is 0.480 e. The van der Waals surface area contributed by atoms with Gasteiger partial charge >= 0.3 is 12.0 Å². The number of carbonyl (C=O) groups excluding carboxylic acids is 2. The molecule has 3 heterocycles. The minimum atomic E-state index is -1.15. The summed E-state index contributed by atoms with van der Waals surface area (Å²) in [5.41, 5.74) is 3.71. The van der Waals surface area contributed by atoms with Gasteiger partial charge in [0.2, 0.25) is 11.7 Å². The van der Waals surface area contributed by atoms with Crippen LogP contribution in [-0.4, -0.2) is 76.6 Å². The van der Waals surface area contributed by atoms with E-state index in [1.165, 1.54) is 18.3 Å². The van der Waals surface area contributed by atoms with Crippen LogP contribution in [0.5, 0.6) is 0 Å². The summed E-state index contributed by atoms with van der Waals surface area (Å²) in [6, 6.07) is 14.0. The molecule has 1 aliphatic carbocycles. The number of carboxylic acid groups (broad SMARTS) is 1. The predicted molar refractivity (Wildman–Crippen MR) is 181 cm³/mol. The van der Waals surface area contributed by atoms with Crippen LogP contribution >= 0.6 is 0 Å². The van der Waals surface area contributed by atoms with Crippen molar-refractivity contribution in [2.24, 2.45) is 5.92 Å². The standard InChI is InChI=1S/C36H44FN7O4/c1-42(29-11-3-2-4-12-29)32-31(37)33(39-23-38-32)43-18-7-10-27(22-43)34(45)41-30(35(46)47)20-24-13-15-28(16-14-24)40-36(48)44-19-17-25-8-5-6-9-26(25)21-44/h5-6,8-9,13-16,23,27,29-30H,2-4,7,10-12,17-22H2,1H3,(H,40,48)(H,41,45)(H,46,47)/t27?,30-/m0/s1. The Morgan fingerprint density at radius 2 is 1.73 bits per heavy atom. The number of halogens is 1. The maximum atomic E-state index is 15.8. The topological polar surface area (TPSA) is 131 Å². The van der Waals surface area contributed by atoms with E-state index >= 15 is 4.39 Å². The van der Waals surface area contributed by atoms with E-state index in [1.54, 1.807) is 34.1 Å². The highest BCUT2D eigenvalue weighted by atomic mass is 19.1. The monoisotopic (exact) mass is 657 g/mol. The van der Waals surface area contributed by atoms with Gasteiger partial charge in [-0.1, -0.05) is 55.7 Å². The van der Waals surface area contributed by atoms with Crippen molar-refractivity contribution in [2.75, 3.05) is 41.8 Å². The highest BCUT2D eigenvalue weighted by Gasteiger charge is 2.32. The number of aromatic nitrogens is 2. The molecule has 2 fully saturated rings. The number of piperidine rings is 1. The summed E-state index contributed by atoms with van der Waals surface area (Å²) in [4.78, 5) is 52.4. The highest BCUT2D eigenvalue weighted by molar-refractivity contribution is 5.89. The second kappa shape index (κ2) is 15.0. The lowest BCUT2D eigenvalue weighted by Crippen LogP contribution is -2.49. The summed E-state index contributed by atoms with van der Waals surface area (Å²) in [6.45, 7) is 1.95. The maximum absolute atomic E-state index is 15.8. The van der Waals surface area contributed by atoms with Gasteiger partial charge in [0.05, 0.1) is 5.92 Å². The number of urea groups is 1. The fourth-order valence-electron chi connectivity index (χ4n) is 7.16. The molecule has 11 nitrogen and oxygen atoms in total. The first-order chi connectivity index (χ1) is 23.3. The third-order valence-corrected chi connectivity index (χ3v) is 9.98. The lowest BCUT2D eigenvalue weighted by atomic mass is 9.94. The van der Waals surface area contributed by atoms with Crippen molar-refractivity contribution >= 4 is 35.2 Å². The number of benzene rings is 2. The average molecular weight is 658 g/mol. The smallest absolute Gasteiger partial charge is 0.326 e. The number of hydrogen-bond donors (Lipinski definition) is 3. The van der Waals surface area contributed by atoms with E-state index in [2.05, 4.69) is 26.7 Å². The molecular weight excluding hydrogens is 613 g/mol. The van der Waals surface area contributed by atoms with Crippen LogP contribution < -0.4 is 20.4 Å². The Kier molecular flexibility index (Phi) is 10.4. The SMILES string of the molecule is CN(c1ncnc(N2CCCC(C(=O)N[C@@H](Cc3ccc(NC(=O)N4CCc5ccccc5C4)cc3)C(=O)O)C2)c1F)C1CCCCC1. The minimum absolute atomic E-state index is 0.0754. The van der Waals surface area contributed by atoms with Gasteiger partial charge in [0.15, 0.2) is 11.6 Å². The molecule has 3 amide bonds. The molecule has 0 radical (unpaired) electrons. The van der Waals surface area contributed by atoms with Crippen molar-refractivity contribution in [1.82, 2.24) is 20.2 Å². The van der Waals surface area contributed by atoms with Crippen molar-refractivity contribution in [3.8, 4) is 0 Å². The second-order valence-electron chi connectivity index (χ2n) is 13.2. The van der Waals surface area contributed by atoms with Gasteiger partial charge in [0.25, 0.3) is 0 Å². The Hall–Kier alpha value is -4.74. The first-order valence-corrected chi connectivity index (χ1v) is 17.0. The van der Waals surface area contributed by atoms with Gasteiger partial charge in [-0.05, 0) is 60.9 Å². The Morgan fingerprint density at radius 3 is 2.48 bits per heavy atom. The van der Waals surface area contributed by atoms with Crippen LogP contribution in [0.3, 0.4) is 0 Å². The molecular formula is C36H44FN7O4. The molecule has 48 heavy (non-hydrogen) atoms. The Balaban J connectivity index is 1.04. The fourth-order valence-corrected chi connectivity index (χ4v) is 7.16. The summed E-state index contributed by atoms with van der Waals surface area (Å²) in [6.07, 6.45) is 8.90. The van der Waals surface area contributed by atoms with E-state index in [1.807, 2.05) is 30.1 Å². The molecule has 2 aromatic carbocycles. The summed E-state index contributed by atoms with van der Waals surface area (Å²) in [5.74, 6) is -2.09. The lowest BCUT2D eigenvalue weighted by Gasteiger charge is -2.35. The molecule has 1 unspecified atom stereocenters. The molecule has 1 saturated carbocycles. The number of rotatable bonds is 9. The van der Waals surface area contributed by atoms with Crippen molar-refractivity contribution in [1.29, 1.82) is 0 Å². The third kappa shape index (κ3) is 7.69. The first kappa shape index (κ1) is 33.2. The van der Waals surface area contributed by atoms with Crippen molar-refractivity contribution in [3.63, 3.8) is 0 Å². The van der Waals surface area contributed by atoms with Crippen LogP contribution in [0.1, 0.15) is 61.6 Å². The van der Waals surface area contributed by atoms with E-state index < -0.39 is 23.7 Å². The average Bonchev–Trinajstić information content (AvgIpc) is 3.12. The van der Waals surface area contributed by atoms with Crippen molar-refractivity contribution < 1.29 is 23.9 Å². The fraction of sp³-hybridized carbons (Fsp3) is 0.472. The van der Waals surface area contributed by atoms with Crippen LogP contribution in [0, 0.1) is 11.7 Å². The summed E-state index contributed by atoms with van der Waals surface area (Å²) in [5, 5.41) is 15.6. The van der Waals surface area contributed by atoms with E-state index in [4.69, 9.17) is 0 Å². The Labute approximate surface area is 280 Å². The van der Waals surface area contributed by atoms with E-state index in [0.717, 1.165) is 37.7 Å². The predicted octanol–water partition coefficient (Wildman–Crippen LogP) is 5.00. The van der Waals surface area contributed by atoms with Crippen LogP contribution in [0.25, 0.3) is 0 Å². The number of nitrogens with one attached hydrogen (secondary N) is 2. The van der Waals surface area contributed by atoms with Gasteiger partial charge < -0.3 is 30.4 Å². The molecule has 254 valence electrons. The normalized spacial score (nSPS) is 18.8. The molecule has 3 N–H and O–H groups in total. The highest BCUT2D eigenvalue weighted by Crippen LogP contribution is 2.31. The molecule has 0 bridgehead atoms. The van der Waals surface area contributed by atoms with E-state index in [9.17, 15) is 19.5 Å². The molecule has 1 aromatic heterocycles. The molecule has 2 aliphatic heterocycles. The summed E-state index contributed by atoms with van der Waals surface area (Å²) < 4.78 is 15.8. The number of anilines is 3. The number of carboxylic acids is 1. The van der Waals surface area contributed by atoms with Crippen LogP contribution in [0.4, 0.5) is 26.5 Å². The van der Waals surface area contributed by atoms with Gasteiger partial charge in [-0.15, -0.1) is 0 Å². The van der Waals surface area contributed by atoms with Crippen LogP contribution in [-0.2, 0) is 29.0 Å². The molecule has 3 aliphatic rings. The zero-order valence-electron chi connectivity index (χ0n) is 27.4. The van der Waals surface area contributed by atoms with Crippen LogP contribution in [0.15, 0.2) is 54.9 Å². The molecule has 3 aromatic rings. The third-order valence-electron chi connectivity index (χ3n) is 9.98. The number of aliphatic carboxylic acids is 1. The van der Waals surface area contributed by atoms with Gasteiger partial charge in [0, 0.05) is 51.4 Å². The number of amides is 3.